The monoisotopic (exact) mass is 376 g/mol. The number of alkyl halides is 7. The van der Waals surface area contributed by atoms with Crippen LogP contribution in [0.3, 0.4) is 0 Å². The summed E-state index contributed by atoms with van der Waals surface area (Å²) in [5.41, 5.74) is 1.68. The fourth-order valence-electron chi connectivity index (χ4n) is 2.20. The van der Waals surface area contributed by atoms with Crippen LogP contribution in [0.5, 0.6) is 0 Å². The molecule has 0 nitrogen and oxygen atoms in total. The van der Waals surface area contributed by atoms with Gasteiger partial charge in [0.15, 0.2) is 5.92 Å². The number of rotatable bonds is 4. The van der Waals surface area contributed by atoms with Gasteiger partial charge in [-0.2, -0.15) is 26.3 Å². The molecule has 1 unspecified atom stereocenters. The standard InChI is InChI=1S/C14H15BrF6/c1-3-8-5-6-10(7-9(8)4-2)11(15)12(13(16,17)18)14(19,20)21/h5-7,11-12H,3-4H2,1-2H3. The van der Waals surface area contributed by atoms with Crippen molar-refractivity contribution in [2.75, 3.05) is 0 Å². The van der Waals surface area contributed by atoms with E-state index in [1.165, 1.54) is 12.1 Å². The summed E-state index contributed by atoms with van der Waals surface area (Å²) in [5.74, 6) is -3.43. The van der Waals surface area contributed by atoms with Crippen molar-refractivity contribution in [1.82, 2.24) is 0 Å². The third-order valence-electron chi connectivity index (χ3n) is 3.31. The van der Waals surface area contributed by atoms with Gasteiger partial charge in [0.1, 0.15) is 0 Å². The fraction of sp³-hybridized carbons (Fsp3) is 0.571. The van der Waals surface area contributed by atoms with Crippen LogP contribution in [0.15, 0.2) is 18.2 Å². The highest BCUT2D eigenvalue weighted by atomic mass is 79.9. The molecule has 0 aliphatic rings. The third kappa shape index (κ3) is 4.37. The van der Waals surface area contributed by atoms with Gasteiger partial charge in [-0.3, -0.25) is 0 Å². The van der Waals surface area contributed by atoms with E-state index in [1.807, 2.05) is 13.8 Å². The highest BCUT2D eigenvalue weighted by Crippen LogP contribution is 2.50. The van der Waals surface area contributed by atoms with Crippen LogP contribution in [0.2, 0.25) is 0 Å². The minimum atomic E-state index is -5.36. The Morgan fingerprint density at radius 2 is 1.38 bits per heavy atom. The zero-order valence-electron chi connectivity index (χ0n) is 11.4. The van der Waals surface area contributed by atoms with Crippen LogP contribution in [0, 0.1) is 5.92 Å². The van der Waals surface area contributed by atoms with Crippen molar-refractivity contribution in [3.05, 3.63) is 34.9 Å². The van der Waals surface area contributed by atoms with E-state index < -0.39 is 23.1 Å². The van der Waals surface area contributed by atoms with E-state index in [4.69, 9.17) is 0 Å². The molecule has 0 N–H and O–H groups in total. The van der Waals surface area contributed by atoms with Gasteiger partial charge in [0.2, 0.25) is 0 Å². The molecular weight excluding hydrogens is 362 g/mol. The van der Waals surface area contributed by atoms with Gasteiger partial charge in [-0.05, 0) is 29.5 Å². The molecule has 0 aromatic heterocycles. The van der Waals surface area contributed by atoms with Crippen molar-refractivity contribution in [2.24, 2.45) is 5.92 Å². The van der Waals surface area contributed by atoms with Gasteiger partial charge in [-0.25, -0.2) is 0 Å². The molecule has 0 spiro atoms. The van der Waals surface area contributed by atoms with Crippen LogP contribution in [-0.2, 0) is 12.8 Å². The predicted molar refractivity (Wildman–Crippen MR) is 72.5 cm³/mol. The highest BCUT2D eigenvalue weighted by molar-refractivity contribution is 9.09. The van der Waals surface area contributed by atoms with E-state index in [-0.39, 0.29) is 5.56 Å². The number of aryl methyl sites for hydroxylation is 2. The van der Waals surface area contributed by atoms with Crippen molar-refractivity contribution in [3.8, 4) is 0 Å². The molecular formula is C14H15BrF6. The summed E-state index contributed by atoms with van der Waals surface area (Å²) in [4.78, 5) is -1.85. The first kappa shape index (κ1) is 18.3. The molecule has 0 radical (unpaired) electrons. The number of halogens is 7. The first-order chi connectivity index (χ1) is 9.52. The molecule has 1 atom stereocenters. The molecule has 0 aliphatic heterocycles. The van der Waals surface area contributed by atoms with Crippen LogP contribution in [-0.4, -0.2) is 12.4 Å². The van der Waals surface area contributed by atoms with Gasteiger partial charge < -0.3 is 0 Å². The van der Waals surface area contributed by atoms with Gasteiger partial charge in [0, 0.05) is 0 Å². The molecule has 7 heteroatoms. The number of hydrogen-bond acceptors (Lipinski definition) is 0. The van der Waals surface area contributed by atoms with E-state index in [1.54, 1.807) is 6.07 Å². The van der Waals surface area contributed by atoms with Gasteiger partial charge in [0.25, 0.3) is 0 Å². The Bertz CT molecular complexity index is 463. The van der Waals surface area contributed by atoms with E-state index in [0.29, 0.717) is 12.8 Å². The van der Waals surface area contributed by atoms with Crippen molar-refractivity contribution >= 4 is 15.9 Å². The average Bonchev–Trinajstić information content (AvgIpc) is 2.34. The van der Waals surface area contributed by atoms with Crippen LogP contribution < -0.4 is 0 Å². The molecule has 0 bridgehead atoms. The summed E-state index contributed by atoms with van der Waals surface area (Å²) in [7, 11) is 0. The lowest BCUT2D eigenvalue weighted by atomic mass is 9.93. The summed E-state index contributed by atoms with van der Waals surface area (Å²) >= 11 is 2.59. The summed E-state index contributed by atoms with van der Waals surface area (Å²) < 4.78 is 76.4. The molecule has 1 aromatic rings. The molecule has 0 heterocycles. The number of benzene rings is 1. The topological polar surface area (TPSA) is 0 Å². The number of hydrogen-bond donors (Lipinski definition) is 0. The lowest BCUT2D eigenvalue weighted by molar-refractivity contribution is -0.283. The molecule has 0 fully saturated rings. The van der Waals surface area contributed by atoms with Crippen molar-refractivity contribution < 1.29 is 26.3 Å². The van der Waals surface area contributed by atoms with Crippen LogP contribution in [0.1, 0.15) is 35.4 Å². The molecule has 0 saturated heterocycles. The maximum Gasteiger partial charge on any atom is 0.401 e. The maximum absolute atomic E-state index is 12.7. The zero-order chi connectivity index (χ0) is 16.4. The minimum Gasteiger partial charge on any atom is -0.170 e. The first-order valence-electron chi connectivity index (χ1n) is 6.41. The van der Waals surface area contributed by atoms with Gasteiger partial charge >= 0.3 is 12.4 Å². The summed E-state index contributed by atoms with van der Waals surface area (Å²) in [5, 5.41) is 0. The Morgan fingerprint density at radius 3 is 1.76 bits per heavy atom. The molecule has 120 valence electrons. The molecule has 0 amide bonds. The first-order valence-corrected chi connectivity index (χ1v) is 7.33. The van der Waals surface area contributed by atoms with E-state index in [9.17, 15) is 26.3 Å². The highest BCUT2D eigenvalue weighted by Gasteiger charge is 2.60. The van der Waals surface area contributed by atoms with E-state index in [0.717, 1.165) is 11.1 Å². The largest absolute Gasteiger partial charge is 0.401 e. The second-order valence-corrected chi connectivity index (χ2v) is 5.68. The van der Waals surface area contributed by atoms with Crippen molar-refractivity contribution in [1.29, 1.82) is 0 Å². The second kappa shape index (κ2) is 6.58. The summed E-state index contributed by atoms with van der Waals surface area (Å²) in [6.07, 6.45) is -9.48. The molecule has 0 saturated carbocycles. The van der Waals surface area contributed by atoms with Crippen LogP contribution in [0.25, 0.3) is 0 Å². The Morgan fingerprint density at radius 1 is 0.905 bits per heavy atom. The Hall–Kier alpha value is -0.720. The zero-order valence-corrected chi connectivity index (χ0v) is 13.0. The van der Waals surface area contributed by atoms with Crippen LogP contribution in [0.4, 0.5) is 26.3 Å². The Labute approximate surface area is 127 Å². The average molecular weight is 377 g/mol. The molecule has 21 heavy (non-hydrogen) atoms. The van der Waals surface area contributed by atoms with Gasteiger partial charge in [-0.15, -0.1) is 0 Å². The van der Waals surface area contributed by atoms with E-state index in [2.05, 4.69) is 15.9 Å². The Kier molecular flexibility index (Phi) is 5.75. The maximum atomic E-state index is 12.7. The normalized spacial score (nSPS) is 14.6. The van der Waals surface area contributed by atoms with E-state index >= 15 is 0 Å². The molecule has 0 aliphatic carbocycles. The van der Waals surface area contributed by atoms with Crippen molar-refractivity contribution in [2.45, 2.75) is 43.9 Å². The van der Waals surface area contributed by atoms with Crippen LogP contribution >= 0.6 is 15.9 Å². The minimum absolute atomic E-state index is 0.0105. The predicted octanol–water partition coefficient (Wildman–Crippen LogP) is 5.99. The lowest BCUT2D eigenvalue weighted by Crippen LogP contribution is -2.39. The smallest absolute Gasteiger partial charge is 0.170 e. The SMILES string of the molecule is CCc1ccc(C(Br)C(C(F)(F)F)C(F)(F)F)cc1CC. The van der Waals surface area contributed by atoms with Gasteiger partial charge in [0.05, 0.1) is 4.83 Å². The van der Waals surface area contributed by atoms with Gasteiger partial charge in [-0.1, -0.05) is 48.0 Å². The quantitative estimate of drug-likeness (QED) is 0.447. The Balaban J connectivity index is 3.25. The fourth-order valence-corrected chi connectivity index (χ4v) is 3.09. The second-order valence-electron chi connectivity index (χ2n) is 4.70. The van der Waals surface area contributed by atoms with Crippen molar-refractivity contribution in [3.63, 3.8) is 0 Å². The summed E-state index contributed by atoms with van der Waals surface area (Å²) in [6.45, 7) is 3.69. The molecule has 1 rings (SSSR count). The lowest BCUT2D eigenvalue weighted by Gasteiger charge is -2.28. The summed E-state index contributed by atoms with van der Waals surface area (Å²) in [6, 6.07) is 4.33. The third-order valence-corrected chi connectivity index (χ3v) is 4.37. The molecule has 1 aromatic carbocycles.